The summed E-state index contributed by atoms with van der Waals surface area (Å²) in [5.74, 6) is 0. The van der Waals surface area contributed by atoms with Crippen molar-refractivity contribution < 1.29 is 24.8 Å². The maximum atomic E-state index is 9.79. The van der Waals surface area contributed by atoms with E-state index in [1.807, 2.05) is 6.08 Å². The Morgan fingerprint density at radius 1 is 0.960 bits per heavy atom. The van der Waals surface area contributed by atoms with E-state index in [9.17, 15) is 15.3 Å². The lowest BCUT2D eigenvalue weighted by Crippen LogP contribution is -2.42. The standard InChI is InChI=1S/C20H38O5/c1-2-3-4-5-6-7-8-9-10-11-12-13-14-24-18(15-21)20-19(23)17(22)16-25-20/h2,17-23H,1,3-16H2/t17-,18+,19+,20+/m0/s1. The quantitative estimate of drug-likeness (QED) is 0.292. The summed E-state index contributed by atoms with van der Waals surface area (Å²) in [5.41, 5.74) is 0. The smallest absolute Gasteiger partial charge is 0.114 e. The molecule has 0 radical (unpaired) electrons. The summed E-state index contributed by atoms with van der Waals surface area (Å²) in [6, 6.07) is 0. The van der Waals surface area contributed by atoms with Gasteiger partial charge in [-0.3, -0.25) is 0 Å². The Bertz CT molecular complexity index is 323. The Kier molecular flexibility index (Phi) is 13.3. The molecule has 0 bridgehead atoms. The van der Waals surface area contributed by atoms with Gasteiger partial charge in [0.15, 0.2) is 0 Å². The van der Waals surface area contributed by atoms with Crippen LogP contribution in [-0.4, -0.2) is 59.6 Å². The lowest BCUT2D eigenvalue weighted by molar-refractivity contribution is -0.101. The molecular weight excluding hydrogens is 320 g/mol. The molecule has 5 nitrogen and oxygen atoms in total. The second kappa shape index (κ2) is 14.7. The first-order chi connectivity index (χ1) is 12.2. The SMILES string of the molecule is C=CCCCCCCCCCCCCO[C@H](CO)[C@H]1OC[C@H](O)[C@H]1O. The second-order valence-electron chi connectivity index (χ2n) is 7.06. The summed E-state index contributed by atoms with van der Waals surface area (Å²) < 4.78 is 10.9. The van der Waals surface area contributed by atoms with Crippen molar-refractivity contribution >= 4 is 0 Å². The van der Waals surface area contributed by atoms with Crippen molar-refractivity contribution in [3.05, 3.63) is 12.7 Å². The van der Waals surface area contributed by atoms with Gasteiger partial charge in [-0.15, -0.1) is 6.58 Å². The number of ether oxygens (including phenoxy) is 2. The third kappa shape index (κ3) is 9.71. The molecule has 25 heavy (non-hydrogen) atoms. The molecule has 1 rings (SSSR count). The highest BCUT2D eigenvalue weighted by Crippen LogP contribution is 2.20. The summed E-state index contributed by atoms with van der Waals surface area (Å²) in [6.45, 7) is 4.18. The Morgan fingerprint density at radius 3 is 2.00 bits per heavy atom. The van der Waals surface area contributed by atoms with Crippen molar-refractivity contribution in [2.75, 3.05) is 19.8 Å². The highest BCUT2D eigenvalue weighted by Gasteiger charge is 2.40. The van der Waals surface area contributed by atoms with Crippen molar-refractivity contribution in [3.63, 3.8) is 0 Å². The van der Waals surface area contributed by atoms with E-state index in [-0.39, 0.29) is 13.2 Å². The number of hydrogen-bond donors (Lipinski definition) is 3. The van der Waals surface area contributed by atoms with Crippen LogP contribution in [0, 0.1) is 0 Å². The molecule has 5 heteroatoms. The second-order valence-corrected chi connectivity index (χ2v) is 7.06. The molecule has 0 amide bonds. The van der Waals surface area contributed by atoms with Gasteiger partial charge < -0.3 is 24.8 Å². The van der Waals surface area contributed by atoms with E-state index in [0.29, 0.717) is 6.61 Å². The van der Waals surface area contributed by atoms with Crippen LogP contribution >= 0.6 is 0 Å². The summed E-state index contributed by atoms with van der Waals surface area (Å²) in [5, 5.41) is 28.7. The minimum absolute atomic E-state index is 0.0972. The first kappa shape index (κ1) is 22.6. The predicted molar refractivity (Wildman–Crippen MR) is 99.6 cm³/mol. The summed E-state index contributed by atoms with van der Waals surface area (Å²) >= 11 is 0. The van der Waals surface area contributed by atoms with E-state index in [2.05, 4.69) is 6.58 Å². The number of aliphatic hydroxyl groups excluding tert-OH is 3. The fourth-order valence-corrected chi connectivity index (χ4v) is 3.24. The third-order valence-corrected chi connectivity index (χ3v) is 4.87. The Labute approximate surface area is 153 Å². The van der Waals surface area contributed by atoms with E-state index in [0.717, 1.165) is 19.3 Å². The Balaban J connectivity index is 1.90. The van der Waals surface area contributed by atoms with E-state index >= 15 is 0 Å². The average Bonchev–Trinajstić information content (AvgIpc) is 2.95. The van der Waals surface area contributed by atoms with Crippen LogP contribution in [0.4, 0.5) is 0 Å². The van der Waals surface area contributed by atoms with Crippen LogP contribution < -0.4 is 0 Å². The van der Waals surface area contributed by atoms with Gasteiger partial charge in [0, 0.05) is 6.61 Å². The number of unbranched alkanes of at least 4 members (excludes halogenated alkanes) is 10. The maximum absolute atomic E-state index is 9.79. The van der Waals surface area contributed by atoms with Gasteiger partial charge >= 0.3 is 0 Å². The predicted octanol–water partition coefficient (Wildman–Crippen LogP) is 2.96. The van der Waals surface area contributed by atoms with Gasteiger partial charge in [0.1, 0.15) is 24.4 Å². The topological polar surface area (TPSA) is 79.2 Å². The number of rotatable bonds is 16. The highest BCUT2D eigenvalue weighted by atomic mass is 16.6. The monoisotopic (exact) mass is 358 g/mol. The normalized spacial score (nSPS) is 24.5. The van der Waals surface area contributed by atoms with Crippen LogP contribution in [-0.2, 0) is 9.47 Å². The molecule has 0 aromatic carbocycles. The lowest BCUT2D eigenvalue weighted by atomic mass is 10.1. The third-order valence-electron chi connectivity index (χ3n) is 4.87. The maximum Gasteiger partial charge on any atom is 0.114 e. The first-order valence-corrected chi connectivity index (χ1v) is 10.0. The lowest BCUT2D eigenvalue weighted by Gasteiger charge is -2.24. The summed E-state index contributed by atoms with van der Waals surface area (Å²) in [7, 11) is 0. The van der Waals surface area contributed by atoms with Crippen LogP contribution in [0.5, 0.6) is 0 Å². The molecule has 0 aromatic heterocycles. The molecular formula is C20H38O5. The van der Waals surface area contributed by atoms with Gasteiger partial charge in [0.2, 0.25) is 0 Å². The number of hydrogen-bond acceptors (Lipinski definition) is 5. The van der Waals surface area contributed by atoms with Gasteiger partial charge in [-0.2, -0.15) is 0 Å². The van der Waals surface area contributed by atoms with Gasteiger partial charge in [-0.05, 0) is 19.3 Å². The molecule has 0 saturated carbocycles. The Morgan fingerprint density at radius 2 is 1.52 bits per heavy atom. The van der Waals surface area contributed by atoms with Crippen LogP contribution in [0.25, 0.3) is 0 Å². The summed E-state index contributed by atoms with van der Waals surface area (Å²) in [6.07, 6.45) is 12.6. The zero-order valence-corrected chi connectivity index (χ0v) is 15.7. The van der Waals surface area contributed by atoms with Crippen LogP contribution in [0.1, 0.15) is 70.6 Å². The Hall–Kier alpha value is -0.460. The van der Waals surface area contributed by atoms with Crippen LogP contribution in [0.3, 0.4) is 0 Å². The van der Waals surface area contributed by atoms with Gasteiger partial charge in [-0.25, -0.2) is 0 Å². The molecule has 1 fully saturated rings. The molecule has 0 spiro atoms. The van der Waals surface area contributed by atoms with Crippen molar-refractivity contribution in [2.24, 2.45) is 0 Å². The van der Waals surface area contributed by atoms with E-state index in [1.54, 1.807) is 0 Å². The van der Waals surface area contributed by atoms with E-state index in [4.69, 9.17) is 9.47 Å². The molecule has 4 atom stereocenters. The van der Waals surface area contributed by atoms with E-state index < -0.39 is 24.4 Å². The molecule has 3 N–H and O–H groups in total. The van der Waals surface area contributed by atoms with Gasteiger partial charge in [0.25, 0.3) is 0 Å². The fourth-order valence-electron chi connectivity index (χ4n) is 3.24. The van der Waals surface area contributed by atoms with Crippen molar-refractivity contribution in [3.8, 4) is 0 Å². The van der Waals surface area contributed by atoms with Crippen LogP contribution in [0.15, 0.2) is 12.7 Å². The molecule has 1 aliphatic rings. The molecule has 148 valence electrons. The fraction of sp³-hybridized carbons (Fsp3) is 0.900. The first-order valence-electron chi connectivity index (χ1n) is 10.0. The summed E-state index contributed by atoms with van der Waals surface area (Å²) in [4.78, 5) is 0. The molecule has 0 unspecified atom stereocenters. The molecule has 1 heterocycles. The van der Waals surface area contributed by atoms with Crippen molar-refractivity contribution in [1.29, 1.82) is 0 Å². The average molecular weight is 359 g/mol. The van der Waals surface area contributed by atoms with Gasteiger partial charge in [-0.1, -0.05) is 57.4 Å². The number of aliphatic hydroxyl groups is 3. The highest BCUT2D eigenvalue weighted by molar-refractivity contribution is 4.88. The minimum atomic E-state index is -0.978. The molecule has 1 saturated heterocycles. The van der Waals surface area contributed by atoms with E-state index in [1.165, 1.54) is 51.4 Å². The zero-order valence-electron chi connectivity index (χ0n) is 15.7. The van der Waals surface area contributed by atoms with Crippen molar-refractivity contribution in [1.82, 2.24) is 0 Å². The van der Waals surface area contributed by atoms with Crippen LogP contribution in [0.2, 0.25) is 0 Å². The largest absolute Gasteiger partial charge is 0.394 e. The molecule has 0 aliphatic carbocycles. The number of allylic oxidation sites excluding steroid dienone is 1. The van der Waals surface area contributed by atoms with Crippen molar-refractivity contribution in [2.45, 2.75) is 95.0 Å². The molecule has 1 aliphatic heterocycles. The molecule has 0 aromatic rings. The zero-order chi connectivity index (χ0) is 18.3. The van der Waals surface area contributed by atoms with Gasteiger partial charge in [0.05, 0.1) is 13.2 Å². The minimum Gasteiger partial charge on any atom is -0.394 e.